The van der Waals surface area contributed by atoms with Gasteiger partial charge in [0.25, 0.3) is 0 Å². The topological polar surface area (TPSA) is 4.36 Å². The molecular weight excluding hydrogens is 555 g/mol. The van der Waals surface area contributed by atoms with E-state index >= 15 is 0 Å². The summed E-state index contributed by atoms with van der Waals surface area (Å²) < 4.78 is 0. The van der Waals surface area contributed by atoms with Gasteiger partial charge in [-0.2, -0.15) is 0 Å². The molecule has 0 fully saturated rings. The summed E-state index contributed by atoms with van der Waals surface area (Å²) >= 11 is 0. The Labute approximate surface area is 268 Å². The highest BCUT2D eigenvalue weighted by molar-refractivity contribution is 6.29. The quantitative estimate of drug-likeness (QED) is 0.182. The largest absolute Gasteiger partial charge is 0.238 e. The summed E-state index contributed by atoms with van der Waals surface area (Å²) in [6.07, 6.45) is 0. The number of benzene rings is 8. The first-order valence-corrected chi connectivity index (χ1v) is 15.6. The smallest absolute Gasteiger partial charge is 0.194 e. The van der Waals surface area contributed by atoms with E-state index in [1.54, 1.807) is 0 Å². The van der Waals surface area contributed by atoms with Crippen LogP contribution in [0, 0.1) is 6.57 Å². The van der Waals surface area contributed by atoms with Gasteiger partial charge < -0.3 is 0 Å². The Hall–Kier alpha value is -6.23. The van der Waals surface area contributed by atoms with E-state index in [1.165, 1.54) is 66.1 Å². The predicted molar refractivity (Wildman–Crippen MR) is 194 cm³/mol. The molecule has 0 amide bonds. The van der Waals surface area contributed by atoms with Crippen LogP contribution in [0.5, 0.6) is 0 Å². The lowest BCUT2D eigenvalue weighted by atomic mass is 9.82. The highest BCUT2D eigenvalue weighted by Crippen LogP contribution is 2.58. The number of nitrogens with zero attached hydrogens (tertiary/aromatic N) is 1. The second kappa shape index (κ2) is 10.4. The normalized spacial score (nSPS) is 11.5. The van der Waals surface area contributed by atoms with Gasteiger partial charge in [0, 0.05) is 0 Å². The predicted octanol–water partition coefficient (Wildman–Crippen LogP) is 12.9. The van der Waals surface area contributed by atoms with Gasteiger partial charge in [-0.15, -0.1) is 0 Å². The standard InChI is InChI=1S/C45H27N/c1-46-40-27-24-32(29-14-5-2-6-15-29)28-39(40)33-25-26-38-43-34(33)22-13-23-37(43)44-41(30-16-7-3-8-17-30)35-20-11-12-21-36(35)42(45(38)44)31-18-9-4-10-19-31/h2-28H. The van der Waals surface area contributed by atoms with E-state index in [4.69, 9.17) is 6.57 Å². The fourth-order valence-corrected chi connectivity index (χ4v) is 7.50. The van der Waals surface area contributed by atoms with Crippen LogP contribution >= 0.6 is 0 Å². The zero-order chi connectivity index (χ0) is 30.6. The summed E-state index contributed by atoms with van der Waals surface area (Å²) in [5.74, 6) is 0. The first-order valence-electron chi connectivity index (χ1n) is 15.6. The molecule has 1 aliphatic rings. The number of hydrogen-bond acceptors (Lipinski definition) is 0. The van der Waals surface area contributed by atoms with E-state index in [0.717, 1.165) is 22.3 Å². The molecule has 0 N–H and O–H groups in total. The third-order valence-electron chi connectivity index (χ3n) is 9.43. The minimum atomic E-state index is 0.664. The molecule has 0 aromatic heterocycles. The first-order chi connectivity index (χ1) is 22.8. The second-order valence-electron chi connectivity index (χ2n) is 11.9. The van der Waals surface area contributed by atoms with E-state index in [0.29, 0.717) is 5.69 Å². The van der Waals surface area contributed by atoms with Crippen molar-refractivity contribution in [3.8, 4) is 66.8 Å². The Morgan fingerprint density at radius 2 is 0.826 bits per heavy atom. The van der Waals surface area contributed by atoms with Gasteiger partial charge in [0.05, 0.1) is 6.57 Å². The molecule has 9 rings (SSSR count). The van der Waals surface area contributed by atoms with Crippen molar-refractivity contribution in [2.24, 2.45) is 0 Å². The maximum atomic E-state index is 8.07. The van der Waals surface area contributed by atoms with Crippen LogP contribution in [0.1, 0.15) is 0 Å². The third kappa shape index (κ3) is 3.88. The van der Waals surface area contributed by atoms with Crippen LogP contribution in [-0.2, 0) is 0 Å². The molecule has 0 unspecified atom stereocenters. The summed E-state index contributed by atoms with van der Waals surface area (Å²) in [6, 6.07) is 58.4. The monoisotopic (exact) mass is 581 g/mol. The minimum Gasteiger partial charge on any atom is -0.238 e. The Balaban J connectivity index is 1.41. The molecule has 8 aromatic carbocycles. The molecule has 0 spiro atoms. The summed E-state index contributed by atoms with van der Waals surface area (Å²) in [5.41, 5.74) is 15.0. The van der Waals surface area contributed by atoms with E-state index < -0.39 is 0 Å². The van der Waals surface area contributed by atoms with E-state index in [2.05, 4.69) is 157 Å². The van der Waals surface area contributed by atoms with Gasteiger partial charge in [-0.25, -0.2) is 4.85 Å². The van der Waals surface area contributed by atoms with Crippen molar-refractivity contribution in [1.29, 1.82) is 0 Å². The first kappa shape index (κ1) is 26.2. The lowest BCUT2D eigenvalue weighted by Crippen LogP contribution is -1.93. The molecule has 0 aliphatic heterocycles. The molecule has 1 heteroatoms. The van der Waals surface area contributed by atoms with Crippen LogP contribution in [0.3, 0.4) is 0 Å². The van der Waals surface area contributed by atoms with Gasteiger partial charge >= 0.3 is 0 Å². The van der Waals surface area contributed by atoms with Crippen LogP contribution in [-0.4, -0.2) is 0 Å². The zero-order valence-electron chi connectivity index (χ0n) is 25.0. The van der Waals surface area contributed by atoms with Crippen molar-refractivity contribution in [3.05, 3.63) is 175 Å². The molecular formula is C45H27N. The number of rotatable bonds is 4. The molecule has 0 heterocycles. The molecule has 8 aromatic rings. The summed E-state index contributed by atoms with van der Waals surface area (Å²) in [5, 5.41) is 4.92. The minimum absolute atomic E-state index is 0.664. The van der Waals surface area contributed by atoms with Crippen LogP contribution < -0.4 is 0 Å². The van der Waals surface area contributed by atoms with Gasteiger partial charge in [0.15, 0.2) is 5.69 Å². The average Bonchev–Trinajstić information content (AvgIpc) is 3.46. The Morgan fingerprint density at radius 1 is 0.326 bits per heavy atom. The lowest BCUT2D eigenvalue weighted by molar-refractivity contribution is 1.61. The number of fused-ring (bicyclic) bond motifs is 4. The van der Waals surface area contributed by atoms with Crippen molar-refractivity contribution in [3.63, 3.8) is 0 Å². The van der Waals surface area contributed by atoms with Gasteiger partial charge in [0.2, 0.25) is 0 Å². The van der Waals surface area contributed by atoms with Crippen molar-refractivity contribution >= 4 is 27.2 Å². The fraction of sp³-hybridized carbons (Fsp3) is 0. The second-order valence-corrected chi connectivity index (χ2v) is 11.9. The van der Waals surface area contributed by atoms with Crippen molar-refractivity contribution in [1.82, 2.24) is 0 Å². The lowest BCUT2D eigenvalue weighted by Gasteiger charge is -2.20. The molecule has 46 heavy (non-hydrogen) atoms. The molecule has 212 valence electrons. The fourth-order valence-electron chi connectivity index (χ4n) is 7.50. The maximum Gasteiger partial charge on any atom is 0.194 e. The SMILES string of the molecule is [C-]#[N+]c1ccc(-c2ccccc2)cc1-c1ccc2c3c(cccc13)-c1c-2c(-c2ccccc2)c2ccccc2c1-c1ccccc1. The molecule has 0 radical (unpaired) electrons. The molecule has 0 saturated heterocycles. The van der Waals surface area contributed by atoms with Crippen LogP contribution in [0.15, 0.2) is 164 Å². The highest BCUT2D eigenvalue weighted by atomic mass is 14.6. The van der Waals surface area contributed by atoms with Crippen LogP contribution in [0.25, 0.3) is 93.2 Å². The Morgan fingerprint density at radius 3 is 1.41 bits per heavy atom. The van der Waals surface area contributed by atoms with Crippen molar-refractivity contribution < 1.29 is 0 Å². The molecule has 1 nitrogen and oxygen atoms in total. The molecule has 0 atom stereocenters. The van der Waals surface area contributed by atoms with Gasteiger partial charge in [-0.3, -0.25) is 0 Å². The van der Waals surface area contributed by atoms with Gasteiger partial charge in [0.1, 0.15) is 0 Å². The summed E-state index contributed by atoms with van der Waals surface area (Å²) in [7, 11) is 0. The van der Waals surface area contributed by atoms with Crippen LogP contribution in [0.4, 0.5) is 5.69 Å². The molecule has 0 bridgehead atoms. The van der Waals surface area contributed by atoms with Gasteiger partial charge in [-0.05, 0) is 88.3 Å². The molecule has 0 saturated carbocycles. The Kier molecular flexibility index (Phi) is 5.95. The van der Waals surface area contributed by atoms with Crippen molar-refractivity contribution in [2.45, 2.75) is 0 Å². The van der Waals surface area contributed by atoms with E-state index in [1.807, 2.05) is 12.1 Å². The van der Waals surface area contributed by atoms with E-state index in [9.17, 15) is 0 Å². The van der Waals surface area contributed by atoms with Crippen LogP contribution in [0.2, 0.25) is 0 Å². The van der Waals surface area contributed by atoms with Crippen molar-refractivity contribution in [2.75, 3.05) is 0 Å². The zero-order valence-corrected chi connectivity index (χ0v) is 25.0. The summed E-state index contributed by atoms with van der Waals surface area (Å²) in [6.45, 7) is 8.07. The summed E-state index contributed by atoms with van der Waals surface area (Å²) in [4.78, 5) is 3.98. The Bertz CT molecular complexity index is 2410. The van der Waals surface area contributed by atoms with E-state index in [-0.39, 0.29) is 0 Å². The van der Waals surface area contributed by atoms with Gasteiger partial charge in [-0.1, -0.05) is 164 Å². The number of hydrogen-bond donors (Lipinski definition) is 0. The molecule has 1 aliphatic carbocycles. The third-order valence-corrected chi connectivity index (χ3v) is 9.43. The average molecular weight is 582 g/mol. The maximum absolute atomic E-state index is 8.07. The highest BCUT2D eigenvalue weighted by Gasteiger charge is 2.31.